The predicted octanol–water partition coefficient (Wildman–Crippen LogP) is -0.0552. The summed E-state index contributed by atoms with van der Waals surface area (Å²) in [6.45, 7) is 4.55. The molecule has 0 saturated carbocycles. The van der Waals surface area contributed by atoms with E-state index in [1.54, 1.807) is 0 Å². The molecule has 0 amide bonds. The zero-order valence-electron chi connectivity index (χ0n) is 8.74. The minimum Gasteiger partial charge on any atom is -0.395 e. The van der Waals surface area contributed by atoms with Crippen molar-refractivity contribution in [3.05, 3.63) is 0 Å². The molecule has 2 N–H and O–H groups in total. The summed E-state index contributed by atoms with van der Waals surface area (Å²) in [6.07, 6.45) is 2.40. The highest BCUT2D eigenvalue weighted by molar-refractivity contribution is 4.90. The number of hydrogen-bond acceptors (Lipinski definition) is 4. The van der Waals surface area contributed by atoms with Gasteiger partial charge in [-0.1, -0.05) is 0 Å². The van der Waals surface area contributed by atoms with E-state index >= 15 is 0 Å². The van der Waals surface area contributed by atoms with Crippen LogP contribution in [0.15, 0.2) is 0 Å². The lowest BCUT2D eigenvalue weighted by Gasteiger charge is -2.26. The van der Waals surface area contributed by atoms with E-state index in [4.69, 9.17) is 10.4 Å². The maximum Gasteiger partial charge on any atom is 0.0950 e. The quantitative estimate of drug-likeness (QED) is 0.648. The van der Waals surface area contributed by atoms with Gasteiger partial charge in [-0.3, -0.25) is 4.90 Å². The van der Waals surface area contributed by atoms with Crippen LogP contribution in [0.5, 0.6) is 0 Å². The minimum absolute atomic E-state index is 0.107. The van der Waals surface area contributed by atoms with Crippen molar-refractivity contribution in [2.45, 2.75) is 31.8 Å². The number of nitrogens with one attached hydrogen (secondary N) is 1. The van der Waals surface area contributed by atoms with Crippen LogP contribution < -0.4 is 5.32 Å². The summed E-state index contributed by atoms with van der Waals surface area (Å²) in [5.74, 6) is 0. The van der Waals surface area contributed by atoms with Gasteiger partial charge in [0.05, 0.1) is 18.7 Å². The lowest BCUT2D eigenvalue weighted by atomic mass is 10.2. The van der Waals surface area contributed by atoms with E-state index in [1.807, 2.05) is 11.8 Å². The maximum absolute atomic E-state index is 8.88. The summed E-state index contributed by atoms with van der Waals surface area (Å²) in [4.78, 5) is 2.03. The molecule has 80 valence electrons. The van der Waals surface area contributed by atoms with Gasteiger partial charge in [0.1, 0.15) is 0 Å². The summed E-state index contributed by atoms with van der Waals surface area (Å²) in [7, 11) is 0. The van der Waals surface area contributed by atoms with Crippen LogP contribution in [-0.2, 0) is 0 Å². The van der Waals surface area contributed by atoms with Crippen molar-refractivity contribution in [1.82, 2.24) is 10.2 Å². The number of nitriles is 1. The van der Waals surface area contributed by atoms with Gasteiger partial charge in [0.2, 0.25) is 0 Å². The molecule has 1 heterocycles. The zero-order valence-corrected chi connectivity index (χ0v) is 8.74. The van der Waals surface area contributed by atoms with Crippen LogP contribution in [0.2, 0.25) is 0 Å². The van der Waals surface area contributed by atoms with Crippen LogP contribution in [0.25, 0.3) is 0 Å². The Morgan fingerprint density at radius 1 is 1.71 bits per heavy atom. The van der Waals surface area contributed by atoms with Crippen molar-refractivity contribution < 1.29 is 5.11 Å². The van der Waals surface area contributed by atoms with Crippen LogP contribution in [0.3, 0.4) is 0 Å². The fourth-order valence-electron chi connectivity index (χ4n) is 1.85. The fourth-order valence-corrected chi connectivity index (χ4v) is 1.85. The zero-order chi connectivity index (χ0) is 10.4. The lowest BCUT2D eigenvalue weighted by Crippen LogP contribution is -2.43. The van der Waals surface area contributed by atoms with Gasteiger partial charge >= 0.3 is 0 Å². The Labute approximate surface area is 85.5 Å². The molecule has 0 aromatic heterocycles. The average Bonchev–Trinajstić information content (AvgIpc) is 2.68. The van der Waals surface area contributed by atoms with Crippen molar-refractivity contribution in [2.75, 3.05) is 26.2 Å². The molecule has 4 nitrogen and oxygen atoms in total. The molecule has 2 atom stereocenters. The Hall–Kier alpha value is -0.630. The Balaban J connectivity index is 2.37. The molecule has 2 unspecified atom stereocenters. The Bertz CT molecular complexity index is 196. The Kier molecular flexibility index (Phi) is 4.88. The second-order valence-corrected chi connectivity index (χ2v) is 3.82. The third-order valence-electron chi connectivity index (χ3n) is 2.74. The van der Waals surface area contributed by atoms with E-state index in [-0.39, 0.29) is 12.6 Å². The first kappa shape index (κ1) is 11.4. The minimum atomic E-state index is -0.107. The highest BCUT2D eigenvalue weighted by Gasteiger charge is 2.20. The van der Waals surface area contributed by atoms with E-state index < -0.39 is 0 Å². The molecule has 1 fully saturated rings. The Morgan fingerprint density at radius 3 is 3.00 bits per heavy atom. The molecule has 0 aromatic carbocycles. The molecule has 1 saturated heterocycles. The van der Waals surface area contributed by atoms with E-state index in [1.165, 1.54) is 12.8 Å². The predicted molar refractivity (Wildman–Crippen MR) is 54.8 cm³/mol. The van der Waals surface area contributed by atoms with Gasteiger partial charge in [0, 0.05) is 19.1 Å². The largest absolute Gasteiger partial charge is 0.395 e. The average molecular weight is 197 g/mol. The number of nitrogens with zero attached hydrogens (tertiary/aromatic N) is 2. The van der Waals surface area contributed by atoms with Gasteiger partial charge in [-0.05, 0) is 26.3 Å². The molecule has 4 heteroatoms. The number of hydrogen-bond donors (Lipinski definition) is 2. The van der Waals surface area contributed by atoms with Gasteiger partial charge < -0.3 is 10.4 Å². The second kappa shape index (κ2) is 5.97. The monoisotopic (exact) mass is 197 g/mol. The van der Waals surface area contributed by atoms with Crippen molar-refractivity contribution in [1.29, 1.82) is 5.26 Å². The third kappa shape index (κ3) is 3.26. The summed E-state index contributed by atoms with van der Waals surface area (Å²) in [6, 6.07) is 2.60. The summed E-state index contributed by atoms with van der Waals surface area (Å²) < 4.78 is 0. The van der Waals surface area contributed by atoms with Gasteiger partial charge in [-0.15, -0.1) is 0 Å². The van der Waals surface area contributed by atoms with Gasteiger partial charge in [-0.25, -0.2) is 0 Å². The van der Waals surface area contributed by atoms with Crippen molar-refractivity contribution >= 4 is 0 Å². The molecule has 1 aliphatic rings. The smallest absolute Gasteiger partial charge is 0.0950 e. The van der Waals surface area contributed by atoms with Crippen LogP contribution >= 0.6 is 0 Å². The molecule has 0 bridgehead atoms. The Morgan fingerprint density at radius 2 is 2.50 bits per heavy atom. The molecule has 1 aliphatic heterocycles. The number of aliphatic hydroxyl groups is 1. The van der Waals surface area contributed by atoms with Crippen LogP contribution in [0, 0.1) is 11.3 Å². The third-order valence-corrected chi connectivity index (χ3v) is 2.74. The second-order valence-electron chi connectivity index (χ2n) is 3.82. The van der Waals surface area contributed by atoms with Crippen molar-refractivity contribution in [3.8, 4) is 6.07 Å². The summed E-state index contributed by atoms with van der Waals surface area (Å²) in [5.41, 5.74) is 0. The molecular formula is C10H19N3O. The van der Waals surface area contributed by atoms with Crippen molar-refractivity contribution in [2.24, 2.45) is 0 Å². The number of rotatable bonds is 5. The van der Waals surface area contributed by atoms with Gasteiger partial charge in [0.15, 0.2) is 0 Å². The van der Waals surface area contributed by atoms with Gasteiger partial charge in [-0.2, -0.15) is 5.26 Å². The molecule has 14 heavy (non-hydrogen) atoms. The molecule has 0 aliphatic carbocycles. The van der Waals surface area contributed by atoms with Crippen LogP contribution in [-0.4, -0.2) is 48.3 Å². The molecule has 0 aromatic rings. The lowest BCUT2D eigenvalue weighted by molar-refractivity contribution is 0.169. The SMILES string of the molecule is CC(C#N)N(CCO)CC1CCCN1. The molecule has 0 spiro atoms. The van der Waals surface area contributed by atoms with Crippen LogP contribution in [0.1, 0.15) is 19.8 Å². The first-order valence-electron chi connectivity index (χ1n) is 5.26. The topological polar surface area (TPSA) is 59.3 Å². The fraction of sp³-hybridized carbons (Fsp3) is 0.900. The highest BCUT2D eigenvalue weighted by Crippen LogP contribution is 2.08. The standard InChI is InChI=1S/C10H19N3O/c1-9(7-11)13(5-6-14)8-10-3-2-4-12-10/h9-10,12,14H,2-6,8H2,1H3. The van der Waals surface area contributed by atoms with Crippen LogP contribution in [0.4, 0.5) is 0 Å². The van der Waals surface area contributed by atoms with E-state index in [0.29, 0.717) is 12.6 Å². The van der Waals surface area contributed by atoms with Crippen molar-refractivity contribution in [3.63, 3.8) is 0 Å². The summed E-state index contributed by atoms with van der Waals surface area (Å²) >= 11 is 0. The normalized spacial score (nSPS) is 23.7. The van der Waals surface area contributed by atoms with E-state index in [9.17, 15) is 0 Å². The molecular weight excluding hydrogens is 178 g/mol. The molecule has 0 radical (unpaired) electrons. The first-order valence-corrected chi connectivity index (χ1v) is 5.26. The maximum atomic E-state index is 8.88. The van der Waals surface area contributed by atoms with Gasteiger partial charge in [0.25, 0.3) is 0 Å². The first-order chi connectivity index (χ1) is 6.77. The summed E-state index contributed by atoms with van der Waals surface area (Å²) in [5, 5.41) is 21.1. The van der Waals surface area contributed by atoms with E-state index in [0.717, 1.165) is 13.1 Å². The number of aliphatic hydroxyl groups excluding tert-OH is 1. The van der Waals surface area contributed by atoms with E-state index in [2.05, 4.69) is 11.4 Å². The highest BCUT2D eigenvalue weighted by atomic mass is 16.3. The molecule has 1 rings (SSSR count).